The highest BCUT2D eigenvalue weighted by Gasteiger charge is 2.20. The zero-order valence-corrected chi connectivity index (χ0v) is 15.3. The summed E-state index contributed by atoms with van der Waals surface area (Å²) in [6.07, 6.45) is 0. The highest BCUT2D eigenvalue weighted by atomic mass is 16.7. The standard InChI is InChI=1S/C20H24N2O4/c1-14(20(23)21-11-16-6-4-5-7-17(16)24-3)22(2)12-15-8-9-18-19(10-15)26-13-25-18/h4-10,14H,11-13H2,1-3H3,(H,21,23). The molecule has 138 valence electrons. The molecule has 3 rings (SSSR count). The van der Waals surface area contributed by atoms with Crippen LogP contribution in [-0.4, -0.2) is 37.8 Å². The van der Waals surface area contributed by atoms with Crippen LogP contribution in [-0.2, 0) is 17.9 Å². The first kappa shape index (κ1) is 18.1. The molecule has 1 aliphatic rings. The summed E-state index contributed by atoms with van der Waals surface area (Å²) in [6, 6.07) is 13.2. The van der Waals surface area contributed by atoms with Crippen LogP contribution in [0.5, 0.6) is 17.2 Å². The number of carbonyl (C=O) groups excluding carboxylic acids is 1. The zero-order chi connectivity index (χ0) is 18.5. The lowest BCUT2D eigenvalue weighted by atomic mass is 10.1. The number of ether oxygens (including phenoxy) is 3. The second-order valence-corrected chi connectivity index (χ2v) is 6.31. The van der Waals surface area contributed by atoms with E-state index in [1.165, 1.54) is 0 Å². The van der Waals surface area contributed by atoms with Crippen molar-refractivity contribution in [2.75, 3.05) is 21.0 Å². The molecule has 1 unspecified atom stereocenters. The highest BCUT2D eigenvalue weighted by molar-refractivity contribution is 5.81. The summed E-state index contributed by atoms with van der Waals surface area (Å²) in [5.74, 6) is 2.26. The number of rotatable bonds is 7. The summed E-state index contributed by atoms with van der Waals surface area (Å²) in [6.45, 7) is 3.23. The average molecular weight is 356 g/mol. The number of carbonyl (C=O) groups is 1. The molecule has 2 aromatic carbocycles. The van der Waals surface area contributed by atoms with Crippen LogP contribution in [0.2, 0.25) is 0 Å². The number of hydrogen-bond acceptors (Lipinski definition) is 5. The van der Waals surface area contributed by atoms with Crippen molar-refractivity contribution in [3.8, 4) is 17.2 Å². The predicted octanol–water partition coefficient (Wildman–Crippen LogP) is 2.56. The summed E-state index contributed by atoms with van der Waals surface area (Å²) in [5, 5.41) is 2.98. The van der Waals surface area contributed by atoms with Crippen LogP contribution >= 0.6 is 0 Å². The Morgan fingerprint density at radius 1 is 1.23 bits per heavy atom. The van der Waals surface area contributed by atoms with E-state index in [0.29, 0.717) is 13.1 Å². The van der Waals surface area contributed by atoms with Gasteiger partial charge in [0.05, 0.1) is 13.2 Å². The first-order chi connectivity index (χ1) is 12.6. The van der Waals surface area contributed by atoms with Gasteiger partial charge in [0.2, 0.25) is 12.7 Å². The second kappa shape index (κ2) is 8.10. The van der Waals surface area contributed by atoms with Crippen molar-refractivity contribution in [2.24, 2.45) is 0 Å². The Balaban J connectivity index is 1.55. The van der Waals surface area contributed by atoms with Crippen LogP contribution < -0.4 is 19.5 Å². The number of para-hydroxylation sites is 1. The third kappa shape index (κ3) is 4.08. The smallest absolute Gasteiger partial charge is 0.237 e. The van der Waals surface area contributed by atoms with Crippen molar-refractivity contribution in [2.45, 2.75) is 26.1 Å². The molecule has 6 nitrogen and oxygen atoms in total. The van der Waals surface area contributed by atoms with Crippen LogP contribution in [0.4, 0.5) is 0 Å². The minimum Gasteiger partial charge on any atom is -0.496 e. The first-order valence-electron chi connectivity index (χ1n) is 8.57. The van der Waals surface area contributed by atoms with Gasteiger partial charge in [0, 0.05) is 18.7 Å². The van der Waals surface area contributed by atoms with Gasteiger partial charge in [-0.3, -0.25) is 9.69 Å². The molecule has 1 amide bonds. The van der Waals surface area contributed by atoms with Gasteiger partial charge in [-0.25, -0.2) is 0 Å². The molecule has 6 heteroatoms. The maximum Gasteiger partial charge on any atom is 0.237 e. The van der Waals surface area contributed by atoms with Crippen molar-refractivity contribution >= 4 is 5.91 Å². The highest BCUT2D eigenvalue weighted by Crippen LogP contribution is 2.32. The van der Waals surface area contributed by atoms with Crippen LogP contribution in [0.1, 0.15) is 18.1 Å². The molecule has 0 bridgehead atoms. The third-order valence-electron chi connectivity index (χ3n) is 4.56. The van der Waals surface area contributed by atoms with Crippen LogP contribution in [0.15, 0.2) is 42.5 Å². The lowest BCUT2D eigenvalue weighted by molar-refractivity contribution is -0.125. The fourth-order valence-corrected chi connectivity index (χ4v) is 2.84. The van der Waals surface area contributed by atoms with E-state index < -0.39 is 0 Å². The van der Waals surface area contributed by atoms with E-state index in [-0.39, 0.29) is 18.7 Å². The average Bonchev–Trinajstić information content (AvgIpc) is 3.13. The van der Waals surface area contributed by atoms with E-state index >= 15 is 0 Å². The van der Waals surface area contributed by atoms with Crippen molar-refractivity contribution in [3.63, 3.8) is 0 Å². The Bertz CT molecular complexity index is 778. The van der Waals surface area contributed by atoms with Crippen LogP contribution in [0.3, 0.4) is 0 Å². The maximum atomic E-state index is 12.5. The topological polar surface area (TPSA) is 60.0 Å². The van der Waals surface area contributed by atoms with Crippen LogP contribution in [0.25, 0.3) is 0 Å². The predicted molar refractivity (Wildman–Crippen MR) is 98.3 cm³/mol. The van der Waals surface area contributed by atoms with Gasteiger partial charge in [-0.1, -0.05) is 24.3 Å². The molecule has 2 aromatic rings. The Kier molecular flexibility index (Phi) is 5.63. The summed E-state index contributed by atoms with van der Waals surface area (Å²) >= 11 is 0. The lowest BCUT2D eigenvalue weighted by Gasteiger charge is -2.24. The van der Waals surface area contributed by atoms with Crippen molar-refractivity contribution in [1.82, 2.24) is 10.2 Å². The molecule has 0 saturated carbocycles. The number of nitrogens with zero attached hydrogens (tertiary/aromatic N) is 1. The Morgan fingerprint density at radius 3 is 2.81 bits per heavy atom. The molecule has 26 heavy (non-hydrogen) atoms. The van der Waals surface area contributed by atoms with Crippen molar-refractivity contribution in [1.29, 1.82) is 0 Å². The summed E-state index contributed by atoms with van der Waals surface area (Å²) < 4.78 is 16.1. The molecule has 1 atom stereocenters. The van der Waals surface area contributed by atoms with Crippen molar-refractivity contribution < 1.29 is 19.0 Å². The van der Waals surface area contributed by atoms with Crippen molar-refractivity contribution in [3.05, 3.63) is 53.6 Å². The van der Waals surface area contributed by atoms with E-state index in [0.717, 1.165) is 28.4 Å². The van der Waals surface area contributed by atoms with Gasteiger partial charge in [0.25, 0.3) is 0 Å². The van der Waals surface area contributed by atoms with E-state index in [2.05, 4.69) is 5.32 Å². The number of hydrogen-bond donors (Lipinski definition) is 1. The van der Waals surface area contributed by atoms with Gasteiger partial charge in [-0.2, -0.15) is 0 Å². The molecule has 1 N–H and O–H groups in total. The number of fused-ring (bicyclic) bond motifs is 1. The van der Waals surface area contributed by atoms with Gasteiger partial charge >= 0.3 is 0 Å². The quantitative estimate of drug-likeness (QED) is 0.826. The van der Waals surface area contributed by atoms with E-state index in [4.69, 9.17) is 14.2 Å². The number of methoxy groups -OCH3 is 1. The van der Waals surface area contributed by atoms with Gasteiger partial charge < -0.3 is 19.5 Å². The SMILES string of the molecule is COc1ccccc1CNC(=O)C(C)N(C)Cc1ccc2c(c1)OCO2. The second-order valence-electron chi connectivity index (χ2n) is 6.31. The Hall–Kier alpha value is -2.73. The normalized spacial score (nSPS) is 13.5. The molecule has 0 aromatic heterocycles. The molecular weight excluding hydrogens is 332 g/mol. The minimum absolute atomic E-state index is 0.0286. The molecule has 0 spiro atoms. The van der Waals surface area contributed by atoms with E-state index in [1.54, 1.807) is 7.11 Å². The summed E-state index contributed by atoms with van der Waals surface area (Å²) in [5.41, 5.74) is 2.02. The van der Waals surface area contributed by atoms with Gasteiger partial charge in [0.15, 0.2) is 11.5 Å². The molecule has 0 radical (unpaired) electrons. The third-order valence-corrected chi connectivity index (χ3v) is 4.56. The lowest BCUT2D eigenvalue weighted by Crippen LogP contribution is -2.42. The fraction of sp³-hybridized carbons (Fsp3) is 0.350. The molecule has 0 aliphatic carbocycles. The zero-order valence-electron chi connectivity index (χ0n) is 15.3. The largest absolute Gasteiger partial charge is 0.496 e. The minimum atomic E-state index is -0.268. The number of likely N-dealkylation sites (N-methyl/N-ethyl adjacent to an activating group) is 1. The van der Waals surface area contributed by atoms with E-state index in [9.17, 15) is 4.79 Å². The number of benzene rings is 2. The fourth-order valence-electron chi connectivity index (χ4n) is 2.84. The summed E-state index contributed by atoms with van der Waals surface area (Å²) in [4.78, 5) is 14.5. The van der Waals surface area contributed by atoms with Gasteiger partial charge in [-0.05, 0) is 37.7 Å². The number of amides is 1. The molecule has 0 fully saturated rings. The van der Waals surface area contributed by atoms with E-state index in [1.807, 2.05) is 61.3 Å². The molecule has 0 saturated heterocycles. The number of nitrogens with one attached hydrogen (secondary N) is 1. The Morgan fingerprint density at radius 2 is 2.00 bits per heavy atom. The van der Waals surface area contributed by atoms with Gasteiger partial charge in [-0.15, -0.1) is 0 Å². The summed E-state index contributed by atoms with van der Waals surface area (Å²) in [7, 11) is 3.56. The van der Waals surface area contributed by atoms with Crippen LogP contribution in [0, 0.1) is 0 Å². The molecular formula is C20H24N2O4. The molecule has 1 heterocycles. The molecule has 1 aliphatic heterocycles. The van der Waals surface area contributed by atoms with Gasteiger partial charge in [0.1, 0.15) is 5.75 Å². The maximum absolute atomic E-state index is 12.5. The Labute approximate surface area is 153 Å². The monoisotopic (exact) mass is 356 g/mol. The first-order valence-corrected chi connectivity index (χ1v) is 8.57.